The molecule has 2 aromatic heterocycles. The molecule has 17 heavy (non-hydrogen) atoms. The number of rotatable bonds is 2. The molecule has 0 unspecified atom stereocenters. The highest BCUT2D eigenvalue weighted by atomic mass is 16.3. The van der Waals surface area contributed by atoms with E-state index in [4.69, 9.17) is 4.42 Å². The zero-order chi connectivity index (χ0) is 11.7. The molecule has 0 bridgehead atoms. The van der Waals surface area contributed by atoms with Crippen LogP contribution < -0.4 is 0 Å². The Bertz CT molecular complexity index is 640. The number of benzene rings is 1. The highest BCUT2D eigenvalue weighted by molar-refractivity contribution is 5.79. The molecule has 2 nitrogen and oxygen atoms in total. The molecule has 0 radical (unpaired) electrons. The first kappa shape index (κ1) is 10.1. The Balaban J connectivity index is 2.19. The lowest BCUT2D eigenvalue weighted by atomic mass is 10.1. The van der Waals surface area contributed by atoms with Crippen molar-refractivity contribution < 1.29 is 4.42 Å². The van der Waals surface area contributed by atoms with Crippen molar-refractivity contribution >= 4 is 11.1 Å². The third-order valence-corrected chi connectivity index (χ3v) is 2.94. The number of fused-ring (bicyclic) bond motifs is 1. The lowest BCUT2D eigenvalue weighted by Crippen LogP contribution is -1.85. The summed E-state index contributed by atoms with van der Waals surface area (Å²) in [6.45, 7) is 2.11. The average Bonchev–Trinajstić information content (AvgIpc) is 2.81. The second-order valence-corrected chi connectivity index (χ2v) is 4.02. The number of pyridine rings is 1. The Morgan fingerprint density at radius 3 is 2.65 bits per heavy atom. The van der Waals surface area contributed by atoms with Crippen molar-refractivity contribution in [2.45, 2.75) is 13.3 Å². The number of furan rings is 1. The van der Waals surface area contributed by atoms with Gasteiger partial charge in [-0.15, -0.1) is 0 Å². The number of hydrogen-bond donors (Lipinski definition) is 0. The summed E-state index contributed by atoms with van der Waals surface area (Å²) in [6, 6.07) is 14.2. The van der Waals surface area contributed by atoms with Crippen LogP contribution in [0.25, 0.3) is 22.4 Å². The van der Waals surface area contributed by atoms with E-state index in [0.29, 0.717) is 0 Å². The van der Waals surface area contributed by atoms with Crippen molar-refractivity contribution in [1.29, 1.82) is 0 Å². The van der Waals surface area contributed by atoms with Crippen molar-refractivity contribution in [1.82, 2.24) is 4.98 Å². The van der Waals surface area contributed by atoms with E-state index in [-0.39, 0.29) is 0 Å². The fraction of sp³-hybridized carbons (Fsp3) is 0.133. The maximum atomic E-state index is 5.47. The molecule has 0 aliphatic carbocycles. The molecule has 2 heteroatoms. The third kappa shape index (κ3) is 1.72. The second kappa shape index (κ2) is 4.06. The molecular weight excluding hydrogens is 210 g/mol. The second-order valence-electron chi connectivity index (χ2n) is 4.02. The minimum atomic E-state index is 0.863. The van der Waals surface area contributed by atoms with Gasteiger partial charge in [0, 0.05) is 11.1 Å². The van der Waals surface area contributed by atoms with E-state index < -0.39 is 0 Å². The fourth-order valence-corrected chi connectivity index (χ4v) is 1.98. The Labute approximate surface area is 99.9 Å². The van der Waals surface area contributed by atoms with Crippen molar-refractivity contribution in [2.75, 3.05) is 0 Å². The number of aromatic nitrogens is 1. The van der Waals surface area contributed by atoms with Gasteiger partial charge in [0.05, 0.1) is 12.0 Å². The van der Waals surface area contributed by atoms with Gasteiger partial charge < -0.3 is 4.42 Å². The summed E-state index contributed by atoms with van der Waals surface area (Å²) in [5.74, 6) is 0. The van der Waals surface area contributed by atoms with Crippen LogP contribution in [0.2, 0.25) is 0 Å². The van der Waals surface area contributed by atoms with Crippen LogP contribution in [0, 0.1) is 0 Å². The molecule has 1 aromatic carbocycles. The first-order valence-electron chi connectivity index (χ1n) is 5.81. The van der Waals surface area contributed by atoms with Gasteiger partial charge in [-0.25, -0.2) is 4.98 Å². The van der Waals surface area contributed by atoms with E-state index >= 15 is 0 Å². The van der Waals surface area contributed by atoms with Crippen molar-refractivity contribution in [2.24, 2.45) is 0 Å². The third-order valence-electron chi connectivity index (χ3n) is 2.94. The molecule has 2 heterocycles. The maximum absolute atomic E-state index is 5.47. The standard InChI is InChI=1S/C15H13NO/c1-2-11-10-17-14-9-8-13(16-15(11)14)12-6-4-3-5-7-12/h3-10H,2H2,1H3. The first-order chi connectivity index (χ1) is 8.38. The summed E-state index contributed by atoms with van der Waals surface area (Å²) in [5, 5.41) is 0. The molecule has 0 aliphatic rings. The van der Waals surface area contributed by atoms with Crippen LogP contribution in [0.15, 0.2) is 53.1 Å². The van der Waals surface area contributed by atoms with E-state index in [2.05, 4.69) is 24.0 Å². The summed E-state index contributed by atoms with van der Waals surface area (Å²) < 4.78 is 5.47. The van der Waals surface area contributed by atoms with Gasteiger partial charge >= 0.3 is 0 Å². The average molecular weight is 223 g/mol. The van der Waals surface area contributed by atoms with Crippen LogP contribution in [0.3, 0.4) is 0 Å². The zero-order valence-corrected chi connectivity index (χ0v) is 9.68. The normalized spacial score (nSPS) is 10.9. The van der Waals surface area contributed by atoms with E-state index in [1.54, 1.807) is 6.26 Å². The predicted octanol–water partition coefficient (Wildman–Crippen LogP) is 4.06. The molecule has 0 atom stereocenters. The summed E-state index contributed by atoms with van der Waals surface area (Å²) >= 11 is 0. The van der Waals surface area contributed by atoms with Gasteiger partial charge in [-0.1, -0.05) is 37.3 Å². The van der Waals surface area contributed by atoms with Gasteiger partial charge in [0.25, 0.3) is 0 Å². The SMILES string of the molecule is CCc1coc2ccc(-c3ccccc3)nc12. The number of nitrogens with zero attached hydrogens (tertiary/aromatic N) is 1. The largest absolute Gasteiger partial charge is 0.462 e. The fourth-order valence-electron chi connectivity index (χ4n) is 1.98. The van der Waals surface area contributed by atoms with Crippen LogP contribution in [0.5, 0.6) is 0 Å². The van der Waals surface area contributed by atoms with Crippen LogP contribution in [0.1, 0.15) is 12.5 Å². The molecular formula is C15H13NO. The molecule has 0 saturated heterocycles. The van der Waals surface area contributed by atoms with Crippen LogP contribution in [0.4, 0.5) is 0 Å². The minimum Gasteiger partial charge on any atom is -0.462 e. The number of hydrogen-bond acceptors (Lipinski definition) is 2. The molecule has 3 rings (SSSR count). The van der Waals surface area contributed by atoms with Gasteiger partial charge in [0.1, 0.15) is 5.52 Å². The topological polar surface area (TPSA) is 26.0 Å². The van der Waals surface area contributed by atoms with Gasteiger partial charge in [0.15, 0.2) is 5.58 Å². The van der Waals surface area contributed by atoms with Crippen molar-refractivity contribution in [3.8, 4) is 11.3 Å². The summed E-state index contributed by atoms with van der Waals surface area (Å²) in [6.07, 6.45) is 2.74. The molecule has 0 amide bonds. The molecule has 0 aliphatic heterocycles. The van der Waals surface area contributed by atoms with Crippen LogP contribution in [-0.2, 0) is 6.42 Å². The molecule has 84 valence electrons. The monoisotopic (exact) mass is 223 g/mol. The molecule has 3 aromatic rings. The smallest absolute Gasteiger partial charge is 0.152 e. The predicted molar refractivity (Wildman–Crippen MR) is 68.8 cm³/mol. The zero-order valence-electron chi connectivity index (χ0n) is 9.68. The minimum absolute atomic E-state index is 0.863. The van der Waals surface area contributed by atoms with Crippen molar-refractivity contribution in [3.63, 3.8) is 0 Å². The molecule has 0 N–H and O–H groups in total. The molecule has 0 spiro atoms. The van der Waals surface area contributed by atoms with E-state index in [1.165, 1.54) is 0 Å². The Morgan fingerprint density at radius 2 is 1.88 bits per heavy atom. The van der Waals surface area contributed by atoms with Gasteiger partial charge in [-0.2, -0.15) is 0 Å². The molecule has 0 fully saturated rings. The molecule has 0 saturated carbocycles. The maximum Gasteiger partial charge on any atom is 0.152 e. The Morgan fingerprint density at radius 1 is 1.06 bits per heavy atom. The number of aryl methyl sites for hydroxylation is 1. The van der Waals surface area contributed by atoms with Crippen LogP contribution in [-0.4, -0.2) is 4.98 Å². The summed E-state index contributed by atoms with van der Waals surface area (Å²) in [4.78, 5) is 4.68. The quantitative estimate of drug-likeness (QED) is 0.654. The van der Waals surface area contributed by atoms with Gasteiger partial charge in [0.2, 0.25) is 0 Å². The van der Waals surface area contributed by atoms with Gasteiger partial charge in [-0.05, 0) is 18.6 Å². The highest BCUT2D eigenvalue weighted by Crippen LogP contribution is 2.24. The summed E-state index contributed by atoms with van der Waals surface area (Å²) in [5.41, 5.74) is 5.14. The van der Waals surface area contributed by atoms with Gasteiger partial charge in [-0.3, -0.25) is 0 Å². The van der Waals surface area contributed by atoms with Crippen molar-refractivity contribution in [3.05, 3.63) is 54.3 Å². The highest BCUT2D eigenvalue weighted by Gasteiger charge is 2.07. The van der Waals surface area contributed by atoms with E-state index in [0.717, 1.165) is 34.3 Å². The summed E-state index contributed by atoms with van der Waals surface area (Å²) in [7, 11) is 0. The lowest BCUT2D eigenvalue weighted by molar-refractivity contribution is 0.611. The Kier molecular flexibility index (Phi) is 2.41. The van der Waals surface area contributed by atoms with E-state index in [9.17, 15) is 0 Å². The Hall–Kier alpha value is -2.09. The first-order valence-corrected chi connectivity index (χ1v) is 5.81. The van der Waals surface area contributed by atoms with E-state index in [1.807, 2.05) is 30.3 Å². The lowest BCUT2D eigenvalue weighted by Gasteiger charge is -2.00. The van der Waals surface area contributed by atoms with Crippen LogP contribution >= 0.6 is 0 Å².